The highest BCUT2D eigenvalue weighted by atomic mass is 16.5. The first-order valence-corrected chi connectivity index (χ1v) is 5.62. The van der Waals surface area contributed by atoms with Crippen LogP contribution in [0, 0.1) is 22.2 Å². The lowest BCUT2D eigenvalue weighted by molar-refractivity contribution is -0.163. The van der Waals surface area contributed by atoms with Crippen molar-refractivity contribution < 1.29 is 14.3 Å². The van der Waals surface area contributed by atoms with Crippen molar-refractivity contribution in [2.24, 2.45) is 10.8 Å². The molecule has 0 aromatic rings. The molecule has 0 spiro atoms. The summed E-state index contributed by atoms with van der Waals surface area (Å²) in [5.41, 5.74) is -1.15. The predicted octanol–water partition coefficient (Wildman–Crippen LogP) is 1.41. The molecule has 0 N–H and O–H groups in total. The van der Waals surface area contributed by atoms with Gasteiger partial charge in [-0.15, -0.1) is 0 Å². The highest BCUT2D eigenvalue weighted by molar-refractivity contribution is 6.04. The van der Waals surface area contributed by atoms with E-state index in [0.29, 0.717) is 6.42 Å². The first-order valence-electron chi connectivity index (χ1n) is 5.62. The van der Waals surface area contributed by atoms with Crippen LogP contribution in [-0.2, 0) is 14.3 Å². The molecule has 4 heteroatoms. The fraction of sp³-hybridized carbons (Fsp3) is 0.615. The third kappa shape index (κ3) is 1.62. The van der Waals surface area contributed by atoms with E-state index in [-0.39, 0.29) is 29.9 Å². The molecule has 0 aromatic carbocycles. The molecule has 2 rings (SSSR count). The Kier molecular flexibility index (Phi) is 2.48. The molecule has 4 nitrogen and oxygen atoms in total. The summed E-state index contributed by atoms with van der Waals surface area (Å²) in [6.45, 7) is 5.49. The SMILES string of the molecule is CC1(C)C(=O)C(C#N)=C[C@@]2(C)CC(=O)CO[C@H]12. The molecule has 0 unspecified atom stereocenters. The van der Waals surface area contributed by atoms with Crippen LogP contribution in [0.3, 0.4) is 0 Å². The van der Waals surface area contributed by atoms with Gasteiger partial charge in [0.25, 0.3) is 0 Å². The average molecular weight is 233 g/mol. The molecule has 1 aliphatic carbocycles. The maximum absolute atomic E-state index is 12.1. The minimum Gasteiger partial charge on any atom is -0.369 e. The second kappa shape index (κ2) is 3.51. The number of allylic oxidation sites excluding steroid dienone is 1. The molecule has 2 aliphatic rings. The number of nitriles is 1. The van der Waals surface area contributed by atoms with Crippen molar-refractivity contribution in [3.8, 4) is 6.07 Å². The summed E-state index contributed by atoms with van der Waals surface area (Å²) in [4.78, 5) is 23.6. The van der Waals surface area contributed by atoms with Gasteiger partial charge >= 0.3 is 0 Å². The van der Waals surface area contributed by atoms with Crippen molar-refractivity contribution in [2.45, 2.75) is 33.3 Å². The van der Waals surface area contributed by atoms with Crippen molar-refractivity contribution >= 4 is 11.6 Å². The van der Waals surface area contributed by atoms with Gasteiger partial charge in [-0.3, -0.25) is 9.59 Å². The second-order valence-corrected chi connectivity index (χ2v) is 5.63. The molecular formula is C13H15NO3. The predicted molar refractivity (Wildman–Crippen MR) is 60.0 cm³/mol. The normalized spacial score (nSPS) is 35.9. The number of ether oxygens (including phenoxy) is 1. The van der Waals surface area contributed by atoms with Gasteiger partial charge in [-0.2, -0.15) is 5.26 Å². The minimum absolute atomic E-state index is 0.0161. The van der Waals surface area contributed by atoms with E-state index in [4.69, 9.17) is 10.00 Å². The number of hydrogen-bond acceptors (Lipinski definition) is 4. The molecule has 0 bridgehead atoms. The zero-order valence-electron chi connectivity index (χ0n) is 10.2. The Hall–Kier alpha value is -1.47. The lowest BCUT2D eigenvalue weighted by atomic mass is 9.60. The molecule has 0 saturated carbocycles. The van der Waals surface area contributed by atoms with Gasteiger partial charge in [0, 0.05) is 11.8 Å². The van der Waals surface area contributed by atoms with Crippen molar-refractivity contribution in [3.63, 3.8) is 0 Å². The number of ketones is 2. The van der Waals surface area contributed by atoms with Crippen molar-refractivity contribution in [1.82, 2.24) is 0 Å². The fourth-order valence-electron chi connectivity index (χ4n) is 3.04. The van der Waals surface area contributed by atoms with E-state index in [1.807, 2.05) is 13.0 Å². The Morgan fingerprint density at radius 2 is 2.06 bits per heavy atom. The van der Waals surface area contributed by atoms with E-state index in [9.17, 15) is 9.59 Å². The number of nitrogens with zero attached hydrogens (tertiary/aromatic N) is 1. The van der Waals surface area contributed by atoms with Gasteiger partial charge in [-0.25, -0.2) is 0 Å². The Morgan fingerprint density at radius 3 is 2.65 bits per heavy atom. The van der Waals surface area contributed by atoms with Crippen molar-refractivity contribution in [1.29, 1.82) is 5.26 Å². The molecule has 1 saturated heterocycles. The molecule has 17 heavy (non-hydrogen) atoms. The molecule has 2 atom stereocenters. The maximum atomic E-state index is 12.1. The lowest BCUT2D eigenvalue weighted by Gasteiger charge is -2.48. The number of rotatable bonds is 0. The molecule has 1 aliphatic heterocycles. The Labute approximate surface area is 100 Å². The van der Waals surface area contributed by atoms with E-state index in [0.717, 1.165) is 0 Å². The molecule has 1 fully saturated rings. The molecule has 90 valence electrons. The summed E-state index contributed by atoms with van der Waals surface area (Å²) in [6, 6.07) is 1.93. The summed E-state index contributed by atoms with van der Waals surface area (Å²) in [5.74, 6) is -0.181. The highest BCUT2D eigenvalue weighted by Gasteiger charge is 2.54. The van der Waals surface area contributed by atoms with E-state index in [1.54, 1.807) is 19.9 Å². The zero-order valence-corrected chi connectivity index (χ0v) is 10.2. The zero-order chi connectivity index (χ0) is 12.8. The van der Waals surface area contributed by atoms with Gasteiger partial charge < -0.3 is 4.74 Å². The topological polar surface area (TPSA) is 67.2 Å². The van der Waals surface area contributed by atoms with E-state index in [2.05, 4.69) is 0 Å². The number of Topliss-reactive ketones (excluding diaryl/α,β-unsaturated/α-hetero) is 2. The number of hydrogen-bond donors (Lipinski definition) is 0. The van der Waals surface area contributed by atoms with Crippen molar-refractivity contribution in [2.75, 3.05) is 6.61 Å². The number of fused-ring (bicyclic) bond motifs is 1. The quantitative estimate of drug-likeness (QED) is 0.634. The lowest BCUT2D eigenvalue weighted by Crippen LogP contribution is -2.56. The summed E-state index contributed by atoms with van der Waals surface area (Å²) < 4.78 is 5.55. The maximum Gasteiger partial charge on any atom is 0.181 e. The monoisotopic (exact) mass is 233 g/mol. The van der Waals surface area contributed by atoms with Crippen LogP contribution in [-0.4, -0.2) is 24.3 Å². The summed E-state index contributed by atoms with van der Waals surface area (Å²) in [7, 11) is 0. The van der Waals surface area contributed by atoms with E-state index in [1.165, 1.54) is 0 Å². The van der Waals surface area contributed by atoms with Gasteiger partial charge in [0.15, 0.2) is 11.6 Å². The standard InChI is InChI=1S/C13H15NO3/c1-12(2)10(16)8(6-14)4-13(3)5-9(15)7-17-11(12)13/h4,11H,5,7H2,1-3H3/t11-,13+/m1/s1. The van der Waals surface area contributed by atoms with E-state index >= 15 is 0 Å². The molecule has 0 amide bonds. The van der Waals surface area contributed by atoms with Crippen LogP contribution < -0.4 is 0 Å². The third-order valence-electron chi connectivity index (χ3n) is 3.67. The minimum atomic E-state index is -0.755. The van der Waals surface area contributed by atoms with Gasteiger partial charge in [-0.1, -0.05) is 13.0 Å². The van der Waals surface area contributed by atoms with Crippen LogP contribution >= 0.6 is 0 Å². The van der Waals surface area contributed by atoms with Crippen LogP contribution in [0.4, 0.5) is 0 Å². The van der Waals surface area contributed by atoms with Gasteiger partial charge in [0.2, 0.25) is 0 Å². The van der Waals surface area contributed by atoms with Crippen LogP contribution in [0.15, 0.2) is 11.6 Å². The Morgan fingerprint density at radius 1 is 1.41 bits per heavy atom. The molecule has 0 aromatic heterocycles. The van der Waals surface area contributed by atoms with E-state index < -0.39 is 10.8 Å². The first-order chi connectivity index (χ1) is 7.81. The molecule has 1 heterocycles. The smallest absolute Gasteiger partial charge is 0.181 e. The first kappa shape index (κ1) is 12.0. The summed E-state index contributed by atoms with van der Waals surface area (Å²) >= 11 is 0. The summed E-state index contributed by atoms with van der Waals surface area (Å²) in [6.07, 6.45) is 1.61. The molecule has 0 radical (unpaired) electrons. The summed E-state index contributed by atoms with van der Waals surface area (Å²) in [5, 5.41) is 9.00. The largest absolute Gasteiger partial charge is 0.369 e. The van der Waals surface area contributed by atoms with Crippen LogP contribution in [0.2, 0.25) is 0 Å². The van der Waals surface area contributed by atoms with Crippen molar-refractivity contribution in [3.05, 3.63) is 11.6 Å². The van der Waals surface area contributed by atoms with Crippen LogP contribution in [0.5, 0.6) is 0 Å². The van der Waals surface area contributed by atoms with Gasteiger partial charge in [0.1, 0.15) is 12.7 Å². The third-order valence-corrected chi connectivity index (χ3v) is 3.67. The van der Waals surface area contributed by atoms with Crippen LogP contribution in [0.1, 0.15) is 27.2 Å². The Bertz CT molecular complexity index is 470. The highest BCUT2D eigenvalue weighted by Crippen LogP contribution is 2.48. The van der Waals surface area contributed by atoms with Gasteiger partial charge in [0.05, 0.1) is 17.1 Å². The van der Waals surface area contributed by atoms with Gasteiger partial charge in [-0.05, 0) is 13.8 Å². The molecular weight excluding hydrogens is 218 g/mol. The average Bonchev–Trinajstić information content (AvgIpc) is 2.23. The Balaban J connectivity index is 2.55. The van der Waals surface area contributed by atoms with Crippen LogP contribution in [0.25, 0.3) is 0 Å². The number of carbonyl (C=O) groups is 2. The number of carbonyl (C=O) groups excluding carboxylic acids is 2. The second-order valence-electron chi connectivity index (χ2n) is 5.63. The fourth-order valence-corrected chi connectivity index (χ4v) is 3.04.